The van der Waals surface area contributed by atoms with Gasteiger partial charge in [0.15, 0.2) is 0 Å². The molecule has 8 heteroatoms. The summed E-state index contributed by atoms with van der Waals surface area (Å²) < 4.78 is 21.7. The molecule has 0 atom stereocenters. The highest BCUT2D eigenvalue weighted by Gasteiger charge is 2.21. The lowest BCUT2D eigenvalue weighted by Crippen LogP contribution is -2.23. The molecule has 0 bridgehead atoms. The van der Waals surface area contributed by atoms with Gasteiger partial charge in [-0.15, -0.1) is 0 Å². The third-order valence-electron chi connectivity index (χ3n) is 3.97. The fourth-order valence-electron chi connectivity index (χ4n) is 2.43. The molecule has 0 saturated carbocycles. The summed E-state index contributed by atoms with van der Waals surface area (Å²) in [6, 6.07) is 7.73. The van der Waals surface area contributed by atoms with Gasteiger partial charge in [0.05, 0.1) is 26.9 Å². The van der Waals surface area contributed by atoms with Crippen LogP contribution in [0.4, 0.5) is 0 Å². The lowest BCUT2D eigenvalue weighted by atomic mass is 10.1. The van der Waals surface area contributed by atoms with Crippen LogP contribution in [0, 0.1) is 0 Å². The molecule has 0 fully saturated rings. The Morgan fingerprint density at radius 1 is 1.10 bits per heavy atom. The lowest BCUT2D eigenvalue weighted by Gasteiger charge is -2.17. The van der Waals surface area contributed by atoms with Crippen LogP contribution in [0.5, 0.6) is 23.5 Å². The number of rotatable bonds is 9. The van der Waals surface area contributed by atoms with E-state index in [0.717, 1.165) is 6.04 Å². The van der Waals surface area contributed by atoms with Crippen molar-refractivity contribution in [3.8, 4) is 23.5 Å². The maximum absolute atomic E-state index is 12.9. The average Bonchev–Trinajstić information content (AvgIpc) is 2.67. The first kappa shape index (κ1) is 22.4. The Morgan fingerprint density at radius 3 is 2.31 bits per heavy atom. The number of carbonyl (C=O) groups is 1. The van der Waals surface area contributed by atoms with Gasteiger partial charge in [-0.1, -0.05) is 43.9 Å². The normalized spacial score (nSPS) is 11.4. The fraction of sp³-hybridized carbons (Fsp3) is 0.381. The number of methoxy groups -OCH3 is 2. The summed E-state index contributed by atoms with van der Waals surface area (Å²) in [4.78, 5) is 21.2. The van der Waals surface area contributed by atoms with Crippen LogP contribution in [-0.4, -0.2) is 44.8 Å². The standard InChI is InChI=1S/C21H28N2O5Si/c1-7-9-15-10-8-11-16(19(15)20(24)27-12-13-29(4,5)6)28-21-22-17(25-2)14-18(23-21)26-3/h7-11,14H,12-13H2,1-6H3/b9-7-. The van der Waals surface area contributed by atoms with E-state index in [1.54, 1.807) is 12.1 Å². The number of nitrogens with zero attached hydrogens (tertiary/aromatic N) is 2. The van der Waals surface area contributed by atoms with Crippen molar-refractivity contribution in [3.05, 3.63) is 41.5 Å². The smallest absolute Gasteiger partial charge is 0.342 e. The van der Waals surface area contributed by atoms with Crippen molar-refractivity contribution in [3.63, 3.8) is 0 Å². The van der Waals surface area contributed by atoms with E-state index < -0.39 is 14.0 Å². The molecule has 0 aliphatic carbocycles. The Kier molecular flexibility index (Phi) is 7.78. The monoisotopic (exact) mass is 416 g/mol. The molecule has 0 aliphatic rings. The van der Waals surface area contributed by atoms with Gasteiger partial charge in [0.2, 0.25) is 11.8 Å². The van der Waals surface area contributed by atoms with E-state index in [2.05, 4.69) is 29.6 Å². The van der Waals surface area contributed by atoms with Crippen molar-refractivity contribution in [1.82, 2.24) is 9.97 Å². The van der Waals surface area contributed by atoms with Gasteiger partial charge in [-0.25, -0.2) is 4.79 Å². The first-order valence-electron chi connectivity index (χ1n) is 9.35. The topological polar surface area (TPSA) is 79.8 Å². The quantitative estimate of drug-likeness (QED) is 0.428. The second-order valence-corrected chi connectivity index (χ2v) is 13.1. The van der Waals surface area contributed by atoms with Gasteiger partial charge in [-0.2, -0.15) is 9.97 Å². The van der Waals surface area contributed by atoms with Crippen LogP contribution >= 0.6 is 0 Å². The Bertz CT molecular complexity index is 856. The number of allylic oxidation sites excluding steroid dienone is 1. The van der Waals surface area contributed by atoms with E-state index in [9.17, 15) is 4.79 Å². The van der Waals surface area contributed by atoms with E-state index in [1.165, 1.54) is 20.3 Å². The fourth-order valence-corrected chi connectivity index (χ4v) is 3.14. The number of hydrogen-bond donors (Lipinski definition) is 0. The van der Waals surface area contributed by atoms with Crippen molar-refractivity contribution in [2.24, 2.45) is 0 Å². The molecule has 0 amide bonds. The molecule has 2 aromatic rings. The van der Waals surface area contributed by atoms with E-state index in [0.29, 0.717) is 23.5 Å². The zero-order valence-electron chi connectivity index (χ0n) is 17.8. The van der Waals surface area contributed by atoms with E-state index in [4.69, 9.17) is 18.9 Å². The molecule has 156 valence electrons. The molecule has 1 aromatic carbocycles. The predicted octanol–water partition coefficient (Wildman–Crippen LogP) is 4.81. The summed E-state index contributed by atoms with van der Waals surface area (Å²) in [6.07, 6.45) is 3.68. The zero-order chi connectivity index (χ0) is 21.4. The predicted molar refractivity (Wildman–Crippen MR) is 115 cm³/mol. The molecular formula is C21H28N2O5Si. The molecular weight excluding hydrogens is 388 g/mol. The van der Waals surface area contributed by atoms with Crippen LogP contribution < -0.4 is 14.2 Å². The van der Waals surface area contributed by atoms with Gasteiger partial charge in [0.25, 0.3) is 0 Å². The second-order valence-electron chi connectivity index (χ2n) is 7.50. The summed E-state index contributed by atoms with van der Waals surface area (Å²) >= 11 is 0. The molecule has 0 saturated heterocycles. The Labute approximate surface area is 172 Å². The van der Waals surface area contributed by atoms with Gasteiger partial charge < -0.3 is 18.9 Å². The van der Waals surface area contributed by atoms with Crippen LogP contribution in [0.15, 0.2) is 30.3 Å². The number of carbonyl (C=O) groups excluding carboxylic acids is 1. The van der Waals surface area contributed by atoms with Crippen molar-refractivity contribution in [2.45, 2.75) is 32.6 Å². The van der Waals surface area contributed by atoms with Crippen molar-refractivity contribution in [1.29, 1.82) is 0 Å². The minimum atomic E-state index is -1.32. The van der Waals surface area contributed by atoms with Crippen LogP contribution in [0.25, 0.3) is 6.08 Å². The molecule has 0 aliphatic heterocycles. The molecule has 0 N–H and O–H groups in total. The highest BCUT2D eigenvalue weighted by atomic mass is 28.3. The lowest BCUT2D eigenvalue weighted by molar-refractivity contribution is 0.0522. The van der Waals surface area contributed by atoms with Crippen LogP contribution in [0.1, 0.15) is 22.8 Å². The van der Waals surface area contributed by atoms with Crippen molar-refractivity contribution >= 4 is 20.1 Å². The number of aromatic nitrogens is 2. The van der Waals surface area contributed by atoms with Crippen molar-refractivity contribution < 1.29 is 23.7 Å². The first-order valence-corrected chi connectivity index (χ1v) is 13.1. The maximum atomic E-state index is 12.9. The Hall–Kier alpha value is -2.87. The van der Waals surface area contributed by atoms with E-state index >= 15 is 0 Å². The van der Waals surface area contributed by atoms with Gasteiger partial charge in [-0.3, -0.25) is 0 Å². The maximum Gasteiger partial charge on any atom is 0.342 e. The van der Waals surface area contributed by atoms with E-state index in [1.807, 2.05) is 25.1 Å². The number of hydrogen-bond acceptors (Lipinski definition) is 7. The summed E-state index contributed by atoms with van der Waals surface area (Å²) in [7, 11) is 1.65. The minimum Gasteiger partial charge on any atom is -0.481 e. The summed E-state index contributed by atoms with van der Waals surface area (Å²) in [6.45, 7) is 8.95. The van der Waals surface area contributed by atoms with Crippen LogP contribution in [0.2, 0.25) is 25.7 Å². The molecule has 0 radical (unpaired) electrons. The molecule has 7 nitrogen and oxygen atoms in total. The zero-order valence-corrected chi connectivity index (χ0v) is 18.8. The molecule has 1 aromatic heterocycles. The van der Waals surface area contributed by atoms with Crippen LogP contribution in [-0.2, 0) is 4.74 Å². The summed E-state index contributed by atoms with van der Waals surface area (Å²) in [5.74, 6) is 0.433. The number of esters is 1. The molecule has 29 heavy (non-hydrogen) atoms. The van der Waals surface area contributed by atoms with Crippen LogP contribution in [0.3, 0.4) is 0 Å². The Morgan fingerprint density at radius 2 is 1.76 bits per heavy atom. The van der Waals surface area contributed by atoms with Gasteiger partial charge in [0, 0.05) is 8.07 Å². The molecule has 0 unspecified atom stereocenters. The number of ether oxygens (including phenoxy) is 4. The third kappa shape index (κ3) is 6.60. The highest BCUT2D eigenvalue weighted by Crippen LogP contribution is 2.30. The first-order chi connectivity index (χ1) is 13.8. The van der Waals surface area contributed by atoms with Gasteiger partial charge >= 0.3 is 12.0 Å². The summed E-state index contributed by atoms with van der Waals surface area (Å²) in [5, 5.41) is 0. The number of benzene rings is 1. The minimum absolute atomic E-state index is 0.00924. The largest absolute Gasteiger partial charge is 0.481 e. The average molecular weight is 417 g/mol. The second kappa shape index (κ2) is 10.1. The highest BCUT2D eigenvalue weighted by molar-refractivity contribution is 6.76. The van der Waals surface area contributed by atoms with Gasteiger partial charge in [0.1, 0.15) is 11.3 Å². The Balaban J connectivity index is 2.37. The SMILES string of the molecule is C/C=C\c1cccc(Oc2nc(OC)cc(OC)n2)c1C(=O)OCC[Si](C)(C)C. The van der Waals surface area contributed by atoms with E-state index in [-0.39, 0.29) is 17.8 Å². The molecule has 1 heterocycles. The van der Waals surface area contributed by atoms with Gasteiger partial charge in [-0.05, 0) is 24.6 Å². The molecule has 2 rings (SSSR count). The van der Waals surface area contributed by atoms with Crippen molar-refractivity contribution in [2.75, 3.05) is 20.8 Å². The summed E-state index contributed by atoms with van der Waals surface area (Å²) in [5.41, 5.74) is 1.02. The third-order valence-corrected chi connectivity index (χ3v) is 5.68. The molecule has 0 spiro atoms.